The fourth-order valence-corrected chi connectivity index (χ4v) is 7.28. The number of fused-ring (bicyclic) bond motifs is 2. The van der Waals surface area contributed by atoms with Crippen molar-refractivity contribution in [3.63, 3.8) is 0 Å². The molecule has 2 N–H and O–H groups in total. The van der Waals surface area contributed by atoms with Crippen molar-refractivity contribution in [2.45, 2.75) is 46.5 Å². The van der Waals surface area contributed by atoms with Crippen LogP contribution in [0.3, 0.4) is 0 Å². The first-order chi connectivity index (χ1) is 18.7. The molecule has 2 unspecified atom stereocenters. The average Bonchev–Trinajstić information content (AvgIpc) is 3.17. The monoisotopic (exact) mass is 571 g/mol. The van der Waals surface area contributed by atoms with Crippen LogP contribution in [0, 0.1) is 30.1 Å². The lowest BCUT2D eigenvalue weighted by atomic mass is 9.99. The molecule has 3 aromatic rings. The standard InChI is InChI=1S/C28H28F3N5O3S/c1-12-7-18(28(29,30)31)34-22(19(12)24(37)35-9-13(2)16(32)11-35)15-5-6-33-17-8-14(40-23(15)17)10-36-25(38)20-21(26(36)39)27(20,3)4/h5-8,13,16,20-21H,9-11,32H2,1-4H3/t13-,16+,20?,21?/m0/s1. The van der Waals surface area contributed by atoms with Gasteiger partial charge in [-0.25, -0.2) is 4.98 Å². The van der Waals surface area contributed by atoms with Gasteiger partial charge < -0.3 is 10.6 Å². The summed E-state index contributed by atoms with van der Waals surface area (Å²) < 4.78 is 42.1. The second kappa shape index (κ2) is 8.81. The highest BCUT2D eigenvalue weighted by atomic mass is 32.1. The molecule has 0 spiro atoms. The Morgan fingerprint density at radius 3 is 2.45 bits per heavy atom. The largest absolute Gasteiger partial charge is 0.433 e. The Morgan fingerprint density at radius 1 is 1.18 bits per heavy atom. The summed E-state index contributed by atoms with van der Waals surface area (Å²) in [5.74, 6) is -1.40. The van der Waals surface area contributed by atoms with Gasteiger partial charge in [0, 0.05) is 35.8 Å². The maximum absolute atomic E-state index is 13.9. The zero-order valence-corrected chi connectivity index (χ0v) is 23.2. The molecule has 0 radical (unpaired) electrons. The van der Waals surface area contributed by atoms with Crippen molar-refractivity contribution in [3.05, 3.63) is 46.1 Å². The van der Waals surface area contributed by atoms with Crippen LogP contribution in [0.2, 0.25) is 0 Å². The Morgan fingerprint density at radius 2 is 1.85 bits per heavy atom. The normalized spacial score (nSPS) is 25.7. The van der Waals surface area contributed by atoms with Gasteiger partial charge in [-0.2, -0.15) is 13.2 Å². The van der Waals surface area contributed by atoms with Gasteiger partial charge in [-0.1, -0.05) is 20.8 Å². The molecule has 210 valence electrons. The number of hydrogen-bond acceptors (Lipinski definition) is 7. The molecule has 4 atom stereocenters. The lowest BCUT2D eigenvalue weighted by Crippen LogP contribution is -2.35. The summed E-state index contributed by atoms with van der Waals surface area (Å²) in [5.41, 5.74) is 5.68. The van der Waals surface area contributed by atoms with Crippen molar-refractivity contribution in [1.82, 2.24) is 19.8 Å². The number of piperidine rings is 1. The quantitative estimate of drug-likeness (QED) is 0.469. The van der Waals surface area contributed by atoms with Gasteiger partial charge in [0.1, 0.15) is 5.69 Å². The van der Waals surface area contributed by atoms with Crippen molar-refractivity contribution in [2.75, 3.05) is 13.1 Å². The van der Waals surface area contributed by atoms with Gasteiger partial charge in [0.25, 0.3) is 5.91 Å². The predicted octanol–water partition coefficient (Wildman–Crippen LogP) is 4.25. The Labute approximate surface area is 232 Å². The van der Waals surface area contributed by atoms with E-state index in [1.54, 1.807) is 17.0 Å². The second-order valence-corrected chi connectivity index (χ2v) is 12.9. The number of rotatable bonds is 4. The number of carbonyl (C=O) groups excluding carboxylic acids is 3. The molecule has 3 aliphatic rings. The molecule has 0 aromatic carbocycles. The number of pyridine rings is 2. The number of thiophene rings is 1. The molecule has 1 saturated carbocycles. The lowest BCUT2D eigenvalue weighted by molar-refractivity contribution is -0.144. The Bertz CT molecular complexity index is 1570. The highest BCUT2D eigenvalue weighted by Crippen LogP contribution is 2.63. The maximum Gasteiger partial charge on any atom is 0.433 e. The number of likely N-dealkylation sites (tertiary alicyclic amines) is 2. The topological polar surface area (TPSA) is 109 Å². The first kappa shape index (κ1) is 26.8. The highest BCUT2D eigenvalue weighted by molar-refractivity contribution is 7.19. The van der Waals surface area contributed by atoms with Crippen molar-refractivity contribution >= 4 is 39.3 Å². The molecule has 0 bridgehead atoms. The molecule has 2 aliphatic heterocycles. The molecule has 3 amide bonds. The van der Waals surface area contributed by atoms with E-state index in [0.29, 0.717) is 33.7 Å². The highest BCUT2D eigenvalue weighted by Gasteiger charge is 2.72. The van der Waals surface area contributed by atoms with E-state index in [9.17, 15) is 27.6 Å². The van der Waals surface area contributed by atoms with Gasteiger partial charge in [-0.3, -0.25) is 24.3 Å². The first-order valence-corrected chi connectivity index (χ1v) is 13.9. The van der Waals surface area contributed by atoms with Crippen LogP contribution in [0.5, 0.6) is 0 Å². The van der Waals surface area contributed by atoms with Gasteiger partial charge in [-0.15, -0.1) is 11.3 Å². The fourth-order valence-electron chi connectivity index (χ4n) is 6.17. The third-order valence-corrected chi connectivity index (χ3v) is 9.74. The zero-order valence-electron chi connectivity index (χ0n) is 22.4. The molecule has 3 aromatic heterocycles. The lowest BCUT2D eigenvalue weighted by Gasteiger charge is -2.21. The minimum atomic E-state index is -4.72. The molecule has 8 nitrogen and oxygen atoms in total. The van der Waals surface area contributed by atoms with Crippen molar-refractivity contribution in [3.8, 4) is 11.3 Å². The molecular weight excluding hydrogens is 543 g/mol. The van der Waals surface area contributed by atoms with Crippen LogP contribution in [-0.4, -0.2) is 56.6 Å². The van der Waals surface area contributed by atoms with Crippen LogP contribution in [0.4, 0.5) is 13.2 Å². The van der Waals surface area contributed by atoms with Gasteiger partial charge >= 0.3 is 6.18 Å². The van der Waals surface area contributed by atoms with E-state index in [-0.39, 0.29) is 64.4 Å². The van der Waals surface area contributed by atoms with Crippen molar-refractivity contribution in [2.24, 2.45) is 28.9 Å². The van der Waals surface area contributed by atoms with E-state index in [0.717, 1.165) is 6.07 Å². The van der Waals surface area contributed by atoms with Crippen LogP contribution in [0.15, 0.2) is 24.4 Å². The number of aryl methyl sites for hydroxylation is 1. The smallest absolute Gasteiger partial charge is 0.337 e. The predicted molar refractivity (Wildman–Crippen MR) is 142 cm³/mol. The number of carbonyl (C=O) groups is 3. The van der Waals surface area contributed by atoms with E-state index in [2.05, 4.69) is 9.97 Å². The summed E-state index contributed by atoms with van der Waals surface area (Å²) in [6.45, 7) is 7.97. The first-order valence-electron chi connectivity index (χ1n) is 13.1. The number of imide groups is 1. The maximum atomic E-state index is 13.9. The van der Waals surface area contributed by atoms with Gasteiger partial charge in [0.05, 0.1) is 39.9 Å². The van der Waals surface area contributed by atoms with Crippen LogP contribution in [-0.2, 0) is 22.3 Å². The second-order valence-electron chi connectivity index (χ2n) is 11.7. The molecular formula is C28H28F3N5O3S. The number of aromatic nitrogens is 2. The van der Waals surface area contributed by atoms with E-state index in [4.69, 9.17) is 5.73 Å². The molecule has 5 heterocycles. The molecule has 3 fully saturated rings. The molecule has 6 rings (SSSR count). The minimum Gasteiger partial charge on any atom is -0.337 e. The zero-order chi connectivity index (χ0) is 28.9. The van der Waals surface area contributed by atoms with E-state index in [1.165, 1.54) is 29.4 Å². The summed E-state index contributed by atoms with van der Waals surface area (Å²) in [6, 6.07) is 3.94. The number of hydrogen-bond donors (Lipinski definition) is 1. The third kappa shape index (κ3) is 4.02. The summed E-state index contributed by atoms with van der Waals surface area (Å²) in [7, 11) is 0. The Balaban J connectivity index is 1.43. The van der Waals surface area contributed by atoms with E-state index in [1.807, 2.05) is 20.8 Å². The summed E-state index contributed by atoms with van der Waals surface area (Å²) in [4.78, 5) is 51.3. The van der Waals surface area contributed by atoms with Crippen molar-refractivity contribution < 1.29 is 27.6 Å². The van der Waals surface area contributed by atoms with Gasteiger partial charge in [0.15, 0.2) is 0 Å². The van der Waals surface area contributed by atoms with Gasteiger partial charge in [0.2, 0.25) is 11.8 Å². The molecule has 40 heavy (non-hydrogen) atoms. The summed E-state index contributed by atoms with van der Waals surface area (Å²) >= 11 is 1.22. The van der Waals surface area contributed by atoms with Crippen LogP contribution in [0.1, 0.15) is 47.3 Å². The molecule has 2 saturated heterocycles. The van der Waals surface area contributed by atoms with Crippen LogP contribution >= 0.6 is 11.3 Å². The fraction of sp³-hybridized carbons (Fsp3) is 0.464. The molecule has 1 aliphatic carbocycles. The minimum absolute atomic E-state index is 0.0511. The SMILES string of the molecule is Cc1cc(C(F)(F)F)nc(-c2ccnc3cc(CN4C(=O)C5C(C4=O)C5(C)C)sc23)c1C(=O)N1C[C@@H](N)[C@@H](C)C1. The average molecular weight is 572 g/mol. The number of halogens is 3. The summed E-state index contributed by atoms with van der Waals surface area (Å²) in [6.07, 6.45) is -3.26. The number of amides is 3. The number of alkyl halides is 3. The Kier molecular flexibility index (Phi) is 5.91. The van der Waals surface area contributed by atoms with Crippen molar-refractivity contribution in [1.29, 1.82) is 0 Å². The van der Waals surface area contributed by atoms with E-state index >= 15 is 0 Å². The van der Waals surface area contributed by atoms with Crippen LogP contribution in [0.25, 0.3) is 21.5 Å². The third-order valence-electron chi connectivity index (χ3n) is 8.60. The van der Waals surface area contributed by atoms with Crippen LogP contribution < -0.4 is 5.73 Å². The number of nitrogens with two attached hydrogens (primary N) is 1. The Hall–Kier alpha value is -3.38. The number of nitrogens with zero attached hydrogens (tertiary/aromatic N) is 4. The molecule has 12 heteroatoms. The van der Waals surface area contributed by atoms with Gasteiger partial charge in [-0.05, 0) is 42.0 Å². The van der Waals surface area contributed by atoms with E-state index < -0.39 is 17.8 Å². The summed E-state index contributed by atoms with van der Waals surface area (Å²) in [5, 5.41) is 0.